The van der Waals surface area contributed by atoms with E-state index in [0.29, 0.717) is 29.4 Å². The van der Waals surface area contributed by atoms with Crippen LogP contribution in [0.4, 0.5) is 0 Å². The van der Waals surface area contributed by atoms with Crippen LogP contribution in [0.5, 0.6) is 17.2 Å². The van der Waals surface area contributed by atoms with Gasteiger partial charge in [0.05, 0.1) is 12.7 Å². The summed E-state index contributed by atoms with van der Waals surface area (Å²) >= 11 is 0. The predicted molar refractivity (Wildman–Crippen MR) is 94.6 cm³/mol. The first-order valence-corrected chi connectivity index (χ1v) is 8.60. The maximum atomic E-state index is 12.7. The van der Waals surface area contributed by atoms with E-state index in [1.807, 2.05) is 0 Å². The highest BCUT2D eigenvalue weighted by molar-refractivity contribution is 5.97. The number of methoxy groups -OCH3 is 1. The number of amides is 1. The van der Waals surface area contributed by atoms with Crippen molar-refractivity contribution in [2.24, 2.45) is 0 Å². The van der Waals surface area contributed by atoms with Crippen LogP contribution in [0.3, 0.4) is 0 Å². The average molecular weight is 349 g/mol. The van der Waals surface area contributed by atoms with Crippen molar-refractivity contribution in [2.45, 2.75) is 19.4 Å². The Hall–Kier alpha value is -1.99. The normalized spacial score (nSPS) is 18.2. The molecular weight excluding hydrogens is 322 g/mol. The molecule has 1 fully saturated rings. The molecule has 7 heteroatoms. The van der Waals surface area contributed by atoms with E-state index in [0.717, 1.165) is 26.2 Å². The second-order valence-electron chi connectivity index (χ2n) is 7.19. The number of rotatable bonds is 5. The second-order valence-corrected chi connectivity index (χ2v) is 7.19. The van der Waals surface area contributed by atoms with Crippen molar-refractivity contribution in [1.82, 2.24) is 15.1 Å². The largest absolute Gasteiger partial charge is 0.496 e. The lowest BCUT2D eigenvalue weighted by Crippen LogP contribution is -2.57. The number of piperazine rings is 1. The molecule has 25 heavy (non-hydrogen) atoms. The van der Waals surface area contributed by atoms with Crippen LogP contribution in [-0.2, 0) is 0 Å². The summed E-state index contributed by atoms with van der Waals surface area (Å²) in [6, 6.07) is 3.38. The molecule has 0 aliphatic carbocycles. The van der Waals surface area contributed by atoms with E-state index < -0.39 is 0 Å². The molecule has 3 rings (SSSR count). The predicted octanol–water partition coefficient (Wildman–Crippen LogP) is 1.18. The maximum absolute atomic E-state index is 12.7. The molecule has 0 radical (unpaired) electrons. The van der Waals surface area contributed by atoms with Gasteiger partial charge in [-0.3, -0.25) is 9.69 Å². The van der Waals surface area contributed by atoms with Gasteiger partial charge in [-0.05, 0) is 20.9 Å². The number of carbonyl (C=O) groups excluding carboxylic acids is 1. The van der Waals surface area contributed by atoms with E-state index >= 15 is 0 Å². The van der Waals surface area contributed by atoms with Crippen LogP contribution in [-0.4, -0.2) is 74.9 Å². The number of ether oxygens (including phenoxy) is 3. The fourth-order valence-corrected chi connectivity index (χ4v) is 3.19. The third kappa shape index (κ3) is 3.82. The molecule has 2 heterocycles. The van der Waals surface area contributed by atoms with Crippen LogP contribution >= 0.6 is 0 Å². The van der Waals surface area contributed by atoms with Gasteiger partial charge < -0.3 is 24.4 Å². The van der Waals surface area contributed by atoms with E-state index in [2.05, 4.69) is 36.0 Å². The van der Waals surface area contributed by atoms with Crippen LogP contribution in [0, 0.1) is 0 Å². The number of nitrogens with one attached hydrogen (secondary N) is 1. The Morgan fingerprint density at radius 1 is 1.20 bits per heavy atom. The Balaban J connectivity index is 1.66. The third-order valence-electron chi connectivity index (χ3n) is 4.98. The van der Waals surface area contributed by atoms with Gasteiger partial charge in [0.25, 0.3) is 5.91 Å². The first kappa shape index (κ1) is 17.8. The summed E-state index contributed by atoms with van der Waals surface area (Å²) in [4.78, 5) is 17.4. The van der Waals surface area contributed by atoms with E-state index in [4.69, 9.17) is 14.2 Å². The topological polar surface area (TPSA) is 63.3 Å². The molecular formula is C18H27N3O4. The lowest BCUT2D eigenvalue weighted by molar-refractivity contribution is 0.0587. The fourth-order valence-electron chi connectivity index (χ4n) is 3.19. The first-order chi connectivity index (χ1) is 11.9. The average Bonchev–Trinajstić information content (AvgIpc) is 3.06. The van der Waals surface area contributed by atoms with E-state index in [1.165, 1.54) is 0 Å². The molecule has 0 aromatic heterocycles. The lowest BCUT2D eigenvalue weighted by atomic mass is 10.0. The van der Waals surface area contributed by atoms with Crippen molar-refractivity contribution in [3.05, 3.63) is 17.7 Å². The highest BCUT2D eigenvalue weighted by Crippen LogP contribution is 2.38. The Bertz CT molecular complexity index is 639. The van der Waals surface area contributed by atoms with Crippen LogP contribution in [0.25, 0.3) is 0 Å². The summed E-state index contributed by atoms with van der Waals surface area (Å²) in [6.07, 6.45) is 0. The highest BCUT2D eigenvalue weighted by atomic mass is 16.7. The molecule has 2 aliphatic heterocycles. The number of likely N-dealkylation sites (N-methyl/N-ethyl adjacent to an activating group) is 1. The number of benzene rings is 1. The molecule has 1 saturated heterocycles. The monoisotopic (exact) mass is 349 g/mol. The van der Waals surface area contributed by atoms with Gasteiger partial charge in [0.15, 0.2) is 11.5 Å². The number of fused-ring (bicyclic) bond motifs is 1. The smallest absolute Gasteiger partial charge is 0.255 e. The van der Waals surface area contributed by atoms with Crippen LogP contribution < -0.4 is 19.5 Å². The van der Waals surface area contributed by atoms with E-state index in [1.54, 1.807) is 19.2 Å². The summed E-state index contributed by atoms with van der Waals surface area (Å²) in [5.74, 6) is 1.49. The van der Waals surface area contributed by atoms with Gasteiger partial charge in [0.2, 0.25) is 6.79 Å². The van der Waals surface area contributed by atoms with Gasteiger partial charge in [-0.2, -0.15) is 0 Å². The molecule has 2 aliphatic rings. The van der Waals surface area contributed by atoms with Gasteiger partial charge in [0, 0.05) is 50.4 Å². The summed E-state index contributed by atoms with van der Waals surface area (Å²) in [6.45, 7) is 9.16. The van der Waals surface area contributed by atoms with Crippen molar-refractivity contribution >= 4 is 5.91 Å². The molecule has 1 N–H and O–H groups in total. The van der Waals surface area contributed by atoms with Crippen LogP contribution in [0.1, 0.15) is 24.2 Å². The molecule has 1 aromatic carbocycles. The van der Waals surface area contributed by atoms with Gasteiger partial charge in [-0.25, -0.2) is 0 Å². The second kappa shape index (κ2) is 7.09. The minimum Gasteiger partial charge on any atom is -0.496 e. The summed E-state index contributed by atoms with van der Waals surface area (Å²) in [5, 5.41) is 3.04. The van der Waals surface area contributed by atoms with Gasteiger partial charge >= 0.3 is 0 Å². The number of nitrogens with zero attached hydrogens (tertiary/aromatic N) is 2. The van der Waals surface area contributed by atoms with Crippen molar-refractivity contribution in [3.8, 4) is 17.2 Å². The Morgan fingerprint density at radius 2 is 1.84 bits per heavy atom. The minimum absolute atomic E-state index is 0.111. The standard InChI is InChI=1S/C18H27N3O4/c1-18(2,21-7-5-20(3)6-8-21)11-19-17(22)13-9-15-16(25-12-24-15)10-14(13)23-4/h9-10H,5-8,11-12H2,1-4H3,(H,19,22). The number of hydrogen-bond donors (Lipinski definition) is 1. The minimum atomic E-state index is -0.169. The molecule has 0 saturated carbocycles. The quantitative estimate of drug-likeness (QED) is 0.861. The number of carbonyl (C=O) groups is 1. The van der Waals surface area contributed by atoms with Crippen molar-refractivity contribution in [1.29, 1.82) is 0 Å². The molecule has 1 amide bonds. The molecule has 0 atom stereocenters. The summed E-state index contributed by atoms with van der Waals surface area (Å²) in [5.41, 5.74) is 0.349. The molecule has 0 spiro atoms. The highest BCUT2D eigenvalue weighted by Gasteiger charge is 2.30. The molecule has 138 valence electrons. The van der Waals surface area contributed by atoms with Crippen molar-refractivity contribution < 1.29 is 19.0 Å². The zero-order valence-corrected chi connectivity index (χ0v) is 15.4. The third-order valence-corrected chi connectivity index (χ3v) is 4.98. The maximum Gasteiger partial charge on any atom is 0.255 e. The van der Waals surface area contributed by atoms with Crippen LogP contribution in [0.2, 0.25) is 0 Å². The molecule has 7 nitrogen and oxygen atoms in total. The first-order valence-electron chi connectivity index (χ1n) is 8.60. The van der Waals surface area contributed by atoms with Gasteiger partial charge in [-0.1, -0.05) is 0 Å². The SMILES string of the molecule is COc1cc2c(cc1C(=O)NCC(C)(C)N1CCN(C)CC1)OCO2. The van der Waals surface area contributed by atoms with E-state index in [9.17, 15) is 4.79 Å². The number of hydrogen-bond acceptors (Lipinski definition) is 6. The molecule has 1 aromatic rings. The molecule has 0 unspecified atom stereocenters. The summed E-state index contributed by atoms with van der Waals surface area (Å²) in [7, 11) is 3.68. The Morgan fingerprint density at radius 3 is 2.48 bits per heavy atom. The van der Waals surface area contributed by atoms with Crippen LogP contribution in [0.15, 0.2) is 12.1 Å². The zero-order chi connectivity index (χ0) is 18.0. The van der Waals surface area contributed by atoms with Crippen molar-refractivity contribution in [2.75, 3.05) is 53.7 Å². The Labute approximate surface area is 148 Å². The Kier molecular flexibility index (Phi) is 5.06. The van der Waals surface area contributed by atoms with E-state index in [-0.39, 0.29) is 18.2 Å². The zero-order valence-electron chi connectivity index (χ0n) is 15.4. The van der Waals surface area contributed by atoms with Gasteiger partial charge in [-0.15, -0.1) is 0 Å². The molecule has 0 bridgehead atoms. The lowest BCUT2D eigenvalue weighted by Gasteiger charge is -2.43. The summed E-state index contributed by atoms with van der Waals surface area (Å²) < 4.78 is 16.0. The van der Waals surface area contributed by atoms with Crippen molar-refractivity contribution in [3.63, 3.8) is 0 Å². The van der Waals surface area contributed by atoms with Gasteiger partial charge in [0.1, 0.15) is 5.75 Å². The fraction of sp³-hybridized carbons (Fsp3) is 0.611.